The zero-order chi connectivity index (χ0) is 19.3. The Morgan fingerprint density at radius 2 is 1.93 bits per heavy atom. The van der Waals surface area contributed by atoms with Crippen molar-refractivity contribution in [1.29, 1.82) is 0 Å². The van der Waals surface area contributed by atoms with Crippen molar-refractivity contribution in [1.82, 2.24) is 15.5 Å². The molecule has 2 rings (SSSR count). The standard InChI is InChI=1S/C21H37N5O.HI/c1-4-26(20-9-7-8-19(2)18-20)13-11-24-21(22-3)23-10-5-6-12-25-14-16-27-17-15-25;/h7-9,18H,4-6,10-17H2,1-3H3,(H2,22,23,24);1H. The number of rotatable bonds is 10. The average Bonchev–Trinajstić information content (AvgIpc) is 2.70. The maximum absolute atomic E-state index is 5.39. The Morgan fingerprint density at radius 1 is 1.18 bits per heavy atom. The van der Waals surface area contributed by atoms with Crippen LogP contribution in [0.4, 0.5) is 5.69 Å². The first-order valence-electron chi connectivity index (χ1n) is 10.3. The molecule has 1 aliphatic rings. The Kier molecular flexibility index (Phi) is 13.3. The molecule has 1 fully saturated rings. The minimum Gasteiger partial charge on any atom is -0.379 e. The van der Waals surface area contributed by atoms with Crippen LogP contribution >= 0.6 is 24.0 Å². The molecule has 0 spiro atoms. The highest BCUT2D eigenvalue weighted by Gasteiger charge is 2.09. The molecule has 0 aliphatic carbocycles. The molecule has 28 heavy (non-hydrogen) atoms. The van der Waals surface area contributed by atoms with Crippen molar-refractivity contribution in [2.24, 2.45) is 4.99 Å². The molecule has 160 valence electrons. The second-order valence-electron chi connectivity index (χ2n) is 7.01. The lowest BCUT2D eigenvalue weighted by Gasteiger charge is -2.26. The van der Waals surface area contributed by atoms with Gasteiger partial charge in [0.2, 0.25) is 0 Å². The third-order valence-electron chi connectivity index (χ3n) is 4.94. The highest BCUT2D eigenvalue weighted by Crippen LogP contribution is 2.14. The summed E-state index contributed by atoms with van der Waals surface area (Å²) in [5.74, 6) is 0.890. The molecule has 7 heteroatoms. The minimum atomic E-state index is 0. The summed E-state index contributed by atoms with van der Waals surface area (Å²) in [7, 11) is 1.83. The van der Waals surface area contributed by atoms with E-state index in [1.54, 1.807) is 0 Å². The van der Waals surface area contributed by atoms with Crippen LogP contribution < -0.4 is 15.5 Å². The molecule has 6 nitrogen and oxygen atoms in total. The van der Waals surface area contributed by atoms with Crippen molar-refractivity contribution in [2.75, 3.05) is 71.0 Å². The van der Waals surface area contributed by atoms with Gasteiger partial charge in [0.25, 0.3) is 0 Å². The summed E-state index contributed by atoms with van der Waals surface area (Å²) in [6.07, 6.45) is 2.36. The van der Waals surface area contributed by atoms with E-state index in [0.717, 1.165) is 64.9 Å². The summed E-state index contributed by atoms with van der Waals surface area (Å²) in [5, 5.41) is 6.85. The van der Waals surface area contributed by atoms with E-state index in [1.165, 1.54) is 24.2 Å². The average molecular weight is 503 g/mol. The molecule has 2 N–H and O–H groups in total. The number of nitrogens with zero attached hydrogens (tertiary/aromatic N) is 3. The number of aryl methyl sites for hydroxylation is 1. The van der Waals surface area contributed by atoms with Crippen LogP contribution in [0.2, 0.25) is 0 Å². The van der Waals surface area contributed by atoms with Crippen LogP contribution in [0.1, 0.15) is 25.3 Å². The molecular weight excluding hydrogens is 465 g/mol. The smallest absolute Gasteiger partial charge is 0.191 e. The number of ether oxygens (including phenoxy) is 1. The van der Waals surface area contributed by atoms with Crippen molar-refractivity contribution in [3.63, 3.8) is 0 Å². The first-order valence-corrected chi connectivity index (χ1v) is 10.3. The maximum atomic E-state index is 5.39. The fourth-order valence-corrected chi connectivity index (χ4v) is 3.32. The van der Waals surface area contributed by atoms with Crippen LogP contribution in [-0.2, 0) is 4.74 Å². The molecule has 1 saturated heterocycles. The summed E-state index contributed by atoms with van der Waals surface area (Å²) in [6, 6.07) is 8.68. The van der Waals surface area contributed by atoms with Crippen LogP contribution in [0.15, 0.2) is 29.3 Å². The Morgan fingerprint density at radius 3 is 2.61 bits per heavy atom. The molecular formula is C21H38IN5O. The number of guanidine groups is 1. The van der Waals surface area contributed by atoms with Gasteiger partial charge in [-0.05, 0) is 50.9 Å². The zero-order valence-electron chi connectivity index (χ0n) is 17.7. The predicted molar refractivity (Wildman–Crippen MR) is 130 cm³/mol. The molecule has 0 radical (unpaired) electrons. The topological polar surface area (TPSA) is 52.1 Å². The van der Waals surface area contributed by atoms with E-state index in [2.05, 4.69) is 63.5 Å². The molecule has 0 amide bonds. The summed E-state index contributed by atoms with van der Waals surface area (Å²) < 4.78 is 5.39. The van der Waals surface area contributed by atoms with E-state index < -0.39 is 0 Å². The lowest BCUT2D eigenvalue weighted by Crippen LogP contribution is -2.42. The van der Waals surface area contributed by atoms with Crippen LogP contribution in [-0.4, -0.2) is 76.9 Å². The first-order chi connectivity index (χ1) is 13.2. The summed E-state index contributed by atoms with van der Waals surface area (Å²) in [5.41, 5.74) is 2.58. The van der Waals surface area contributed by atoms with Crippen molar-refractivity contribution in [3.8, 4) is 0 Å². The summed E-state index contributed by atoms with van der Waals surface area (Å²) >= 11 is 0. The largest absolute Gasteiger partial charge is 0.379 e. The fraction of sp³-hybridized carbons (Fsp3) is 0.667. The van der Waals surface area contributed by atoms with E-state index in [1.807, 2.05) is 7.05 Å². The van der Waals surface area contributed by atoms with E-state index in [0.29, 0.717) is 0 Å². The number of morpholine rings is 1. The van der Waals surface area contributed by atoms with Gasteiger partial charge in [-0.25, -0.2) is 0 Å². The van der Waals surface area contributed by atoms with Gasteiger partial charge in [0.15, 0.2) is 5.96 Å². The number of nitrogens with one attached hydrogen (secondary N) is 2. The van der Waals surface area contributed by atoms with Crippen LogP contribution in [0.25, 0.3) is 0 Å². The van der Waals surface area contributed by atoms with Gasteiger partial charge in [-0.1, -0.05) is 12.1 Å². The number of unbranched alkanes of at least 4 members (excludes halogenated alkanes) is 1. The van der Waals surface area contributed by atoms with Crippen molar-refractivity contribution in [3.05, 3.63) is 29.8 Å². The maximum Gasteiger partial charge on any atom is 0.191 e. The fourth-order valence-electron chi connectivity index (χ4n) is 3.32. The number of likely N-dealkylation sites (N-methyl/N-ethyl adjacent to an activating group) is 1. The highest BCUT2D eigenvalue weighted by molar-refractivity contribution is 14.0. The SMILES string of the molecule is CCN(CCNC(=NC)NCCCCN1CCOCC1)c1cccc(C)c1.I. The van der Waals surface area contributed by atoms with Gasteiger partial charge in [-0.2, -0.15) is 0 Å². The van der Waals surface area contributed by atoms with Crippen LogP contribution in [0, 0.1) is 6.92 Å². The van der Waals surface area contributed by atoms with Gasteiger partial charge in [0.05, 0.1) is 13.2 Å². The third kappa shape index (κ3) is 9.43. The lowest BCUT2D eigenvalue weighted by molar-refractivity contribution is 0.0372. The normalized spacial score (nSPS) is 15.0. The van der Waals surface area contributed by atoms with E-state index in [9.17, 15) is 0 Å². The molecule has 0 unspecified atom stereocenters. The van der Waals surface area contributed by atoms with E-state index >= 15 is 0 Å². The highest BCUT2D eigenvalue weighted by atomic mass is 127. The monoisotopic (exact) mass is 503 g/mol. The predicted octanol–water partition coefficient (Wildman–Crippen LogP) is 2.72. The number of hydrogen-bond donors (Lipinski definition) is 2. The second-order valence-corrected chi connectivity index (χ2v) is 7.01. The van der Waals surface area contributed by atoms with Crippen molar-refractivity contribution < 1.29 is 4.74 Å². The van der Waals surface area contributed by atoms with Gasteiger partial charge in [-0.15, -0.1) is 24.0 Å². The molecule has 0 bridgehead atoms. The molecule has 1 aromatic carbocycles. The van der Waals surface area contributed by atoms with Gasteiger partial charge in [0, 0.05) is 52.0 Å². The Bertz CT molecular complexity index is 563. The number of aliphatic imine (C=N–C) groups is 1. The van der Waals surface area contributed by atoms with Gasteiger partial charge in [0.1, 0.15) is 0 Å². The van der Waals surface area contributed by atoms with Gasteiger partial charge in [-0.3, -0.25) is 9.89 Å². The summed E-state index contributed by atoms with van der Waals surface area (Å²) in [4.78, 5) is 9.21. The molecule has 1 aromatic rings. The van der Waals surface area contributed by atoms with Crippen LogP contribution in [0.3, 0.4) is 0 Å². The molecule has 1 heterocycles. The molecule has 0 atom stereocenters. The van der Waals surface area contributed by atoms with Gasteiger partial charge >= 0.3 is 0 Å². The van der Waals surface area contributed by atoms with Gasteiger partial charge < -0.3 is 20.3 Å². The Hall–Kier alpha value is -1.06. The third-order valence-corrected chi connectivity index (χ3v) is 4.94. The number of halogens is 1. The zero-order valence-corrected chi connectivity index (χ0v) is 20.1. The Balaban J connectivity index is 0.00000392. The minimum absolute atomic E-state index is 0. The number of hydrogen-bond acceptors (Lipinski definition) is 4. The lowest BCUT2D eigenvalue weighted by atomic mass is 10.2. The number of benzene rings is 1. The van der Waals surface area contributed by atoms with E-state index in [-0.39, 0.29) is 24.0 Å². The van der Waals surface area contributed by atoms with E-state index in [4.69, 9.17) is 4.74 Å². The quantitative estimate of drug-likeness (QED) is 0.223. The molecule has 0 saturated carbocycles. The Labute approximate surface area is 188 Å². The number of anilines is 1. The summed E-state index contributed by atoms with van der Waals surface area (Å²) in [6.45, 7) is 13.2. The van der Waals surface area contributed by atoms with Crippen molar-refractivity contribution in [2.45, 2.75) is 26.7 Å². The van der Waals surface area contributed by atoms with Crippen molar-refractivity contribution >= 4 is 35.6 Å². The molecule has 0 aromatic heterocycles. The second kappa shape index (κ2) is 14.9. The molecule has 1 aliphatic heterocycles. The van der Waals surface area contributed by atoms with Crippen LogP contribution in [0.5, 0.6) is 0 Å². The first kappa shape index (κ1) is 25.0.